The van der Waals surface area contributed by atoms with Gasteiger partial charge in [-0.3, -0.25) is 9.59 Å². The van der Waals surface area contributed by atoms with Crippen molar-refractivity contribution in [3.05, 3.63) is 77.1 Å². The number of anilines is 1. The summed E-state index contributed by atoms with van der Waals surface area (Å²) in [6, 6.07) is 16.9. The van der Waals surface area contributed by atoms with Crippen LogP contribution in [0.1, 0.15) is 16.8 Å². The second-order valence-corrected chi connectivity index (χ2v) is 8.61. The molecule has 33 heavy (non-hydrogen) atoms. The number of ether oxygens (including phenoxy) is 2. The zero-order valence-corrected chi connectivity index (χ0v) is 19.0. The highest BCUT2D eigenvalue weighted by Crippen LogP contribution is 2.42. The smallest absolute Gasteiger partial charge is 0.252 e. The Balaban J connectivity index is 1.41. The summed E-state index contributed by atoms with van der Waals surface area (Å²) in [5, 5.41) is 5.52. The van der Waals surface area contributed by atoms with Crippen molar-refractivity contribution in [2.45, 2.75) is 16.2 Å². The van der Waals surface area contributed by atoms with Crippen molar-refractivity contribution in [2.24, 2.45) is 0 Å². The fourth-order valence-corrected chi connectivity index (χ4v) is 4.32. The van der Waals surface area contributed by atoms with Gasteiger partial charge in [0.05, 0.1) is 16.3 Å². The van der Waals surface area contributed by atoms with Gasteiger partial charge < -0.3 is 20.1 Å². The van der Waals surface area contributed by atoms with Crippen LogP contribution in [0.25, 0.3) is 0 Å². The van der Waals surface area contributed by atoms with Gasteiger partial charge >= 0.3 is 0 Å². The Bertz CT molecular complexity index is 1180. The molecule has 0 bridgehead atoms. The molecule has 2 N–H and O–H groups in total. The SMILES string of the molecule is O=C(CCNC(=O)c1ccc(F)cc1Cl)Nc1cc2c(cc1Sc1ccccc1)OCCO2. The Morgan fingerprint density at radius 3 is 2.45 bits per heavy atom. The zero-order valence-electron chi connectivity index (χ0n) is 17.4. The van der Waals surface area contributed by atoms with Crippen LogP contribution in [0, 0.1) is 5.82 Å². The summed E-state index contributed by atoms with van der Waals surface area (Å²) < 4.78 is 24.5. The van der Waals surface area contributed by atoms with Crippen LogP contribution in [0.2, 0.25) is 5.02 Å². The average Bonchev–Trinajstić information content (AvgIpc) is 2.80. The Hall–Kier alpha value is -3.23. The van der Waals surface area contributed by atoms with Crippen molar-refractivity contribution < 1.29 is 23.5 Å². The molecular formula is C24H20ClFN2O4S. The molecule has 1 heterocycles. The van der Waals surface area contributed by atoms with Gasteiger partial charge in [0.2, 0.25) is 5.91 Å². The predicted molar refractivity (Wildman–Crippen MR) is 125 cm³/mol. The molecule has 3 aromatic rings. The van der Waals surface area contributed by atoms with Gasteiger partial charge in [0.25, 0.3) is 5.91 Å². The maximum atomic E-state index is 13.2. The molecule has 0 atom stereocenters. The molecule has 1 aliphatic rings. The highest BCUT2D eigenvalue weighted by Gasteiger charge is 2.18. The van der Waals surface area contributed by atoms with Crippen LogP contribution in [0.15, 0.2) is 70.5 Å². The summed E-state index contributed by atoms with van der Waals surface area (Å²) >= 11 is 7.40. The Kier molecular flexibility index (Phi) is 7.36. The molecule has 2 amide bonds. The number of amides is 2. The van der Waals surface area contributed by atoms with Gasteiger partial charge in [-0.2, -0.15) is 0 Å². The maximum absolute atomic E-state index is 13.2. The normalized spacial score (nSPS) is 12.2. The summed E-state index contributed by atoms with van der Waals surface area (Å²) in [6.45, 7) is 0.986. The second kappa shape index (κ2) is 10.6. The number of carbonyl (C=O) groups excluding carboxylic acids is 2. The predicted octanol–water partition coefficient (Wildman–Crippen LogP) is 5.16. The van der Waals surface area contributed by atoms with Gasteiger partial charge in [0, 0.05) is 34.9 Å². The first-order valence-corrected chi connectivity index (χ1v) is 11.4. The first-order chi connectivity index (χ1) is 16.0. The molecule has 0 aliphatic carbocycles. The summed E-state index contributed by atoms with van der Waals surface area (Å²) in [6.07, 6.45) is 0.0362. The minimum absolute atomic E-state index is 0.0100. The van der Waals surface area contributed by atoms with Crippen molar-refractivity contribution in [3.8, 4) is 11.5 Å². The summed E-state index contributed by atoms with van der Waals surface area (Å²) in [7, 11) is 0. The van der Waals surface area contributed by atoms with E-state index in [4.69, 9.17) is 21.1 Å². The van der Waals surface area contributed by atoms with Crippen LogP contribution in [-0.4, -0.2) is 31.6 Å². The molecule has 0 fully saturated rings. The number of carbonyl (C=O) groups is 2. The second-order valence-electron chi connectivity index (χ2n) is 7.09. The number of hydrogen-bond acceptors (Lipinski definition) is 5. The molecule has 170 valence electrons. The van der Waals surface area contributed by atoms with E-state index in [0.717, 1.165) is 21.9 Å². The molecule has 0 unspecified atom stereocenters. The summed E-state index contributed by atoms with van der Waals surface area (Å²) in [4.78, 5) is 26.7. The van der Waals surface area contributed by atoms with E-state index < -0.39 is 11.7 Å². The van der Waals surface area contributed by atoms with E-state index in [9.17, 15) is 14.0 Å². The number of rotatable bonds is 7. The van der Waals surface area contributed by atoms with E-state index >= 15 is 0 Å². The molecule has 0 aromatic heterocycles. The van der Waals surface area contributed by atoms with Crippen LogP contribution < -0.4 is 20.1 Å². The largest absolute Gasteiger partial charge is 0.486 e. The van der Waals surface area contributed by atoms with Crippen LogP contribution >= 0.6 is 23.4 Å². The zero-order chi connectivity index (χ0) is 23.2. The minimum Gasteiger partial charge on any atom is -0.486 e. The lowest BCUT2D eigenvalue weighted by Crippen LogP contribution is -2.28. The standard InChI is InChI=1S/C24H20ClFN2O4S/c25-18-12-15(26)6-7-17(18)24(30)27-9-8-23(29)28-19-13-20-21(32-11-10-31-20)14-22(19)33-16-4-2-1-3-5-16/h1-7,12-14H,8-11H2,(H,27,30)(H,28,29). The van der Waals surface area contributed by atoms with E-state index in [1.54, 1.807) is 6.07 Å². The molecule has 1 aliphatic heterocycles. The fourth-order valence-electron chi connectivity index (χ4n) is 3.14. The number of halogens is 2. The van der Waals surface area contributed by atoms with Crippen LogP contribution in [0.4, 0.5) is 10.1 Å². The molecule has 9 heteroatoms. The van der Waals surface area contributed by atoms with E-state index in [-0.39, 0.29) is 29.5 Å². The third-order valence-corrected chi connectivity index (χ3v) is 6.08. The monoisotopic (exact) mass is 486 g/mol. The van der Waals surface area contributed by atoms with E-state index in [1.165, 1.54) is 17.8 Å². The van der Waals surface area contributed by atoms with Crippen molar-refractivity contribution in [1.29, 1.82) is 0 Å². The first kappa shape index (κ1) is 22.9. The quantitative estimate of drug-likeness (QED) is 0.482. The van der Waals surface area contributed by atoms with Crippen molar-refractivity contribution in [1.82, 2.24) is 5.32 Å². The molecule has 0 saturated carbocycles. The molecule has 0 saturated heterocycles. The highest BCUT2D eigenvalue weighted by atomic mass is 35.5. The summed E-state index contributed by atoms with van der Waals surface area (Å²) in [5.41, 5.74) is 0.734. The van der Waals surface area contributed by atoms with Crippen LogP contribution in [-0.2, 0) is 4.79 Å². The van der Waals surface area contributed by atoms with Gasteiger partial charge in [-0.25, -0.2) is 4.39 Å². The Morgan fingerprint density at radius 1 is 1.00 bits per heavy atom. The molecule has 4 rings (SSSR count). The number of fused-ring (bicyclic) bond motifs is 1. The molecule has 0 spiro atoms. The third-order valence-electron chi connectivity index (χ3n) is 4.70. The van der Waals surface area contributed by atoms with Gasteiger partial charge in [-0.15, -0.1) is 0 Å². The fraction of sp³-hybridized carbons (Fsp3) is 0.167. The summed E-state index contributed by atoms with van der Waals surface area (Å²) in [5.74, 6) is -0.103. The lowest BCUT2D eigenvalue weighted by atomic mass is 10.2. The first-order valence-electron chi connectivity index (χ1n) is 10.2. The number of hydrogen-bond donors (Lipinski definition) is 2. The molecule has 3 aromatic carbocycles. The van der Waals surface area contributed by atoms with E-state index in [0.29, 0.717) is 30.4 Å². The van der Waals surface area contributed by atoms with Crippen molar-refractivity contribution >= 4 is 40.9 Å². The number of nitrogens with one attached hydrogen (secondary N) is 2. The van der Waals surface area contributed by atoms with Gasteiger partial charge in [0.15, 0.2) is 11.5 Å². The van der Waals surface area contributed by atoms with Gasteiger partial charge in [0.1, 0.15) is 19.0 Å². The van der Waals surface area contributed by atoms with Gasteiger partial charge in [-0.1, -0.05) is 41.6 Å². The van der Waals surface area contributed by atoms with E-state index in [1.807, 2.05) is 36.4 Å². The van der Waals surface area contributed by atoms with Gasteiger partial charge in [-0.05, 0) is 30.3 Å². The highest BCUT2D eigenvalue weighted by molar-refractivity contribution is 7.99. The minimum atomic E-state index is -0.528. The third kappa shape index (κ3) is 5.97. The number of benzene rings is 3. The van der Waals surface area contributed by atoms with Crippen LogP contribution in [0.3, 0.4) is 0 Å². The lowest BCUT2D eigenvalue weighted by Gasteiger charge is -2.21. The molecule has 6 nitrogen and oxygen atoms in total. The van der Waals surface area contributed by atoms with Crippen LogP contribution in [0.5, 0.6) is 11.5 Å². The molecule has 0 radical (unpaired) electrons. The van der Waals surface area contributed by atoms with E-state index in [2.05, 4.69) is 10.6 Å². The average molecular weight is 487 g/mol. The van der Waals surface area contributed by atoms with Crippen molar-refractivity contribution in [2.75, 3.05) is 25.1 Å². The molecular weight excluding hydrogens is 467 g/mol. The maximum Gasteiger partial charge on any atom is 0.252 e. The topological polar surface area (TPSA) is 76.7 Å². The lowest BCUT2D eigenvalue weighted by molar-refractivity contribution is -0.116. The Labute approximate surface area is 199 Å². The van der Waals surface area contributed by atoms with Crippen molar-refractivity contribution in [3.63, 3.8) is 0 Å². The Morgan fingerprint density at radius 2 is 1.73 bits per heavy atom.